The van der Waals surface area contributed by atoms with Crippen LogP contribution in [0, 0.1) is 5.92 Å². The molecule has 0 aliphatic carbocycles. The third-order valence-electron chi connectivity index (χ3n) is 1.95. The molecule has 1 aromatic rings. The molecule has 0 aliphatic heterocycles. The van der Waals surface area contributed by atoms with Crippen molar-refractivity contribution < 1.29 is 19.1 Å². The Labute approximate surface area is 87.1 Å². The first-order valence-electron chi connectivity index (χ1n) is 4.57. The fourth-order valence-electron chi connectivity index (χ4n) is 1.12. The van der Waals surface area contributed by atoms with Crippen LogP contribution in [-0.4, -0.2) is 17.9 Å². The molecule has 1 N–H and O–H groups in total. The first kappa shape index (κ1) is 11.3. The normalized spacial score (nSPS) is 12.5. The minimum Gasteiger partial charge on any atom is -0.548 e. The Hall–Kier alpha value is -1.78. The lowest BCUT2D eigenvalue weighted by atomic mass is 10.0. The van der Waals surface area contributed by atoms with E-state index < -0.39 is 17.9 Å². The fraction of sp³-hybridized carbons (Fsp3) is 0.400. The molecule has 0 saturated heterocycles. The molecule has 1 amide bonds. The van der Waals surface area contributed by atoms with Crippen molar-refractivity contribution in [2.45, 2.75) is 19.9 Å². The Balaban J connectivity index is 2.67. The first-order valence-corrected chi connectivity index (χ1v) is 4.57. The summed E-state index contributed by atoms with van der Waals surface area (Å²) in [6.07, 6.45) is 1.35. The van der Waals surface area contributed by atoms with Crippen LogP contribution >= 0.6 is 0 Å². The maximum Gasteiger partial charge on any atom is 0.287 e. The highest BCUT2D eigenvalue weighted by molar-refractivity contribution is 5.94. The molecular formula is C10H12NO4-. The molecule has 5 nitrogen and oxygen atoms in total. The zero-order valence-corrected chi connectivity index (χ0v) is 8.52. The van der Waals surface area contributed by atoms with Crippen LogP contribution in [0.5, 0.6) is 0 Å². The monoisotopic (exact) mass is 210 g/mol. The number of furan rings is 1. The molecular weight excluding hydrogens is 198 g/mol. The van der Waals surface area contributed by atoms with Crippen LogP contribution in [0.3, 0.4) is 0 Å². The number of hydrogen-bond donors (Lipinski definition) is 1. The van der Waals surface area contributed by atoms with Crippen LogP contribution in [0.2, 0.25) is 0 Å². The second-order valence-electron chi connectivity index (χ2n) is 3.49. The minimum absolute atomic E-state index is 0.0851. The van der Waals surface area contributed by atoms with Crippen molar-refractivity contribution in [2.24, 2.45) is 5.92 Å². The summed E-state index contributed by atoms with van der Waals surface area (Å²) in [6.45, 7) is 3.37. The van der Waals surface area contributed by atoms with E-state index in [-0.39, 0.29) is 11.7 Å². The van der Waals surface area contributed by atoms with Gasteiger partial charge in [-0.3, -0.25) is 4.79 Å². The number of nitrogens with one attached hydrogen (secondary N) is 1. The highest BCUT2D eigenvalue weighted by atomic mass is 16.4. The summed E-state index contributed by atoms with van der Waals surface area (Å²) in [4.78, 5) is 22.1. The van der Waals surface area contributed by atoms with Crippen molar-refractivity contribution >= 4 is 11.9 Å². The Kier molecular flexibility index (Phi) is 3.49. The van der Waals surface area contributed by atoms with Gasteiger partial charge in [0.05, 0.1) is 18.3 Å². The van der Waals surface area contributed by atoms with Gasteiger partial charge in [-0.05, 0) is 18.1 Å². The molecule has 0 unspecified atom stereocenters. The molecule has 0 spiro atoms. The van der Waals surface area contributed by atoms with Crippen molar-refractivity contribution in [1.82, 2.24) is 5.32 Å². The average Bonchev–Trinajstić information content (AvgIpc) is 2.65. The number of rotatable bonds is 4. The zero-order valence-electron chi connectivity index (χ0n) is 8.52. The Morgan fingerprint density at radius 3 is 2.53 bits per heavy atom. The predicted octanol–water partition coefficient (Wildman–Crippen LogP) is -0.216. The number of amides is 1. The molecule has 1 atom stereocenters. The molecule has 0 bridgehead atoms. The maximum atomic E-state index is 11.4. The number of aliphatic carboxylic acids is 1. The number of carboxylic acid groups (broad SMARTS) is 1. The van der Waals surface area contributed by atoms with Gasteiger partial charge in [-0.15, -0.1) is 0 Å². The van der Waals surface area contributed by atoms with Gasteiger partial charge in [0.2, 0.25) is 0 Å². The number of carboxylic acids is 1. The third-order valence-corrected chi connectivity index (χ3v) is 1.95. The van der Waals surface area contributed by atoms with E-state index in [9.17, 15) is 14.7 Å². The number of carbonyl (C=O) groups is 2. The van der Waals surface area contributed by atoms with Gasteiger partial charge >= 0.3 is 0 Å². The topological polar surface area (TPSA) is 82.4 Å². The Morgan fingerprint density at radius 1 is 1.47 bits per heavy atom. The van der Waals surface area contributed by atoms with E-state index in [2.05, 4.69) is 5.32 Å². The largest absolute Gasteiger partial charge is 0.548 e. The molecule has 0 saturated carbocycles. The molecule has 5 heteroatoms. The zero-order chi connectivity index (χ0) is 11.4. The molecule has 0 fully saturated rings. The van der Waals surface area contributed by atoms with Gasteiger partial charge in [-0.1, -0.05) is 13.8 Å². The van der Waals surface area contributed by atoms with Crippen molar-refractivity contribution in [3.8, 4) is 0 Å². The molecule has 1 aromatic heterocycles. The fourth-order valence-corrected chi connectivity index (χ4v) is 1.12. The van der Waals surface area contributed by atoms with Crippen molar-refractivity contribution in [1.29, 1.82) is 0 Å². The average molecular weight is 210 g/mol. The highest BCUT2D eigenvalue weighted by Crippen LogP contribution is 2.04. The van der Waals surface area contributed by atoms with Crippen LogP contribution in [0.25, 0.3) is 0 Å². The van der Waals surface area contributed by atoms with E-state index in [4.69, 9.17) is 4.42 Å². The molecule has 82 valence electrons. The Morgan fingerprint density at radius 2 is 2.13 bits per heavy atom. The first-order chi connectivity index (χ1) is 7.02. The molecule has 1 heterocycles. The minimum atomic E-state index is -1.30. The van der Waals surface area contributed by atoms with Gasteiger partial charge in [0.25, 0.3) is 5.91 Å². The smallest absolute Gasteiger partial charge is 0.287 e. The summed E-state index contributed by atoms with van der Waals surface area (Å²) in [5.74, 6) is -2.01. The van der Waals surface area contributed by atoms with E-state index in [1.807, 2.05) is 0 Å². The van der Waals surface area contributed by atoms with Crippen LogP contribution < -0.4 is 10.4 Å². The molecule has 0 aliphatic rings. The van der Waals surface area contributed by atoms with E-state index in [0.29, 0.717) is 0 Å². The van der Waals surface area contributed by atoms with Crippen LogP contribution in [0.4, 0.5) is 0 Å². The van der Waals surface area contributed by atoms with Crippen molar-refractivity contribution in [2.75, 3.05) is 0 Å². The van der Waals surface area contributed by atoms with E-state index in [0.717, 1.165) is 0 Å². The lowest BCUT2D eigenvalue weighted by Crippen LogP contribution is -2.50. The summed E-state index contributed by atoms with van der Waals surface area (Å²) in [7, 11) is 0. The third kappa shape index (κ3) is 2.83. The SMILES string of the molecule is CC(C)[C@H](NC(=O)c1ccco1)C(=O)[O-]. The van der Waals surface area contributed by atoms with E-state index in [1.54, 1.807) is 19.9 Å². The van der Waals surface area contributed by atoms with Crippen LogP contribution in [-0.2, 0) is 4.79 Å². The second-order valence-corrected chi connectivity index (χ2v) is 3.49. The van der Waals surface area contributed by atoms with Crippen LogP contribution in [0.15, 0.2) is 22.8 Å². The van der Waals surface area contributed by atoms with Gasteiger partial charge < -0.3 is 19.6 Å². The number of carbonyl (C=O) groups excluding carboxylic acids is 2. The van der Waals surface area contributed by atoms with Crippen LogP contribution in [0.1, 0.15) is 24.4 Å². The van der Waals surface area contributed by atoms with Gasteiger partial charge in [-0.25, -0.2) is 0 Å². The molecule has 15 heavy (non-hydrogen) atoms. The summed E-state index contributed by atoms with van der Waals surface area (Å²) in [5.41, 5.74) is 0. The lowest BCUT2D eigenvalue weighted by Gasteiger charge is -2.22. The summed E-state index contributed by atoms with van der Waals surface area (Å²) < 4.78 is 4.83. The van der Waals surface area contributed by atoms with Crippen molar-refractivity contribution in [3.05, 3.63) is 24.2 Å². The number of hydrogen-bond acceptors (Lipinski definition) is 4. The summed E-state index contributed by atoms with van der Waals surface area (Å²) in [6, 6.07) is 2.00. The standard InChI is InChI=1S/C10H13NO4/c1-6(2)8(10(13)14)11-9(12)7-4-3-5-15-7/h3-6,8H,1-2H3,(H,11,12)(H,13,14)/p-1/t8-/m0/s1. The van der Waals surface area contributed by atoms with Gasteiger partial charge in [-0.2, -0.15) is 0 Å². The molecule has 0 aromatic carbocycles. The second kappa shape index (κ2) is 4.63. The summed E-state index contributed by atoms with van der Waals surface area (Å²) in [5, 5.41) is 13.0. The van der Waals surface area contributed by atoms with Gasteiger partial charge in [0, 0.05) is 0 Å². The van der Waals surface area contributed by atoms with Gasteiger partial charge in [0.1, 0.15) is 0 Å². The van der Waals surface area contributed by atoms with E-state index in [1.165, 1.54) is 12.3 Å². The van der Waals surface area contributed by atoms with Gasteiger partial charge in [0.15, 0.2) is 5.76 Å². The highest BCUT2D eigenvalue weighted by Gasteiger charge is 2.19. The van der Waals surface area contributed by atoms with E-state index >= 15 is 0 Å². The molecule has 1 rings (SSSR count). The maximum absolute atomic E-state index is 11.4. The van der Waals surface area contributed by atoms with Crippen molar-refractivity contribution in [3.63, 3.8) is 0 Å². The predicted molar refractivity (Wildman–Crippen MR) is 49.8 cm³/mol. The quantitative estimate of drug-likeness (QED) is 0.745. The molecule has 0 radical (unpaired) electrons. The summed E-state index contributed by atoms with van der Waals surface area (Å²) >= 11 is 0. The lowest BCUT2D eigenvalue weighted by molar-refractivity contribution is -0.309. The Bertz CT molecular complexity index is 342.